The highest BCUT2D eigenvalue weighted by Crippen LogP contribution is 2.26. The van der Waals surface area contributed by atoms with E-state index in [4.69, 9.17) is 4.74 Å². The molecule has 2 heterocycles. The minimum Gasteiger partial charge on any atom is -0.449 e. The number of benzene rings is 1. The molecule has 0 radical (unpaired) electrons. The Morgan fingerprint density at radius 1 is 1.20 bits per heavy atom. The number of carbonyl (C=O) groups excluding carboxylic acids is 2. The van der Waals surface area contributed by atoms with E-state index in [1.165, 1.54) is 10.5 Å². The SMILES string of the molecule is O=C1OCCCN1CC(=O)N1CCCc2ccccc21. The van der Waals surface area contributed by atoms with E-state index >= 15 is 0 Å². The highest BCUT2D eigenvalue weighted by atomic mass is 16.6. The smallest absolute Gasteiger partial charge is 0.410 e. The second-order valence-corrected chi connectivity index (χ2v) is 5.17. The normalized spacial score (nSPS) is 18.5. The Kier molecular flexibility index (Phi) is 3.58. The lowest BCUT2D eigenvalue weighted by atomic mass is 10.0. The predicted octanol–water partition coefficient (Wildman–Crippen LogP) is 1.81. The van der Waals surface area contributed by atoms with Gasteiger partial charge in [-0.2, -0.15) is 0 Å². The van der Waals surface area contributed by atoms with Gasteiger partial charge in [-0.3, -0.25) is 9.69 Å². The number of aryl methyl sites for hydroxylation is 1. The van der Waals surface area contributed by atoms with Gasteiger partial charge in [-0.25, -0.2) is 4.79 Å². The van der Waals surface area contributed by atoms with Gasteiger partial charge in [0.2, 0.25) is 5.91 Å². The Hall–Kier alpha value is -2.04. The number of hydrogen-bond acceptors (Lipinski definition) is 3. The van der Waals surface area contributed by atoms with Gasteiger partial charge in [0.05, 0.1) is 6.61 Å². The Balaban J connectivity index is 1.73. The summed E-state index contributed by atoms with van der Waals surface area (Å²) in [6, 6.07) is 7.97. The molecule has 0 bridgehead atoms. The van der Waals surface area contributed by atoms with Crippen molar-refractivity contribution in [3.63, 3.8) is 0 Å². The highest BCUT2D eigenvalue weighted by molar-refractivity contribution is 5.97. The van der Waals surface area contributed by atoms with E-state index in [0.29, 0.717) is 13.2 Å². The van der Waals surface area contributed by atoms with Crippen LogP contribution < -0.4 is 4.90 Å². The van der Waals surface area contributed by atoms with Crippen molar-refractivity contribution in [1.29, 1.82) is 0 Å². The third kappa shape index (κ3) is 2.48. The number of fused-ring (bicyclic) bond motifs is 1. The Bertz CT molecular complexity index is 530. The zero-order valence-corrected chi connectivity index (χ0v) is 11.4. The minimum absolute atomic E-state index is 0.0315. The average molecular weight is 274 g/mol. The van der Waals surface area contributed by atoms with Crippen LogP contribution in [-0.4, -0.2) is 43.1 Å². The molecule has 5 nitrogen and oxygen atoms in total. The topological polar surface area (TPSA) is 49.9 Å². The van der Waals surface area contributed by atoms with Crippen LogP contribution >= 0.6 is 0 Å². The number of cyclic esters (lactones) is 1. The van der Waals surface area contributed by atoms with Crippen LogP contribution in [0.4, 0.5) is 10.5 Å². The number of rotatable bonds is 2. The standard InChI is InChI=1S/C15H18N2O3/c18-14(11-16-8-4-10-20-15(16)19)17-9-3-6-12-5-1-2-7-13(12)17/h1-2,5,7H,3-4,6,8-11H2. The molecule has 1 fully saturated rings. The van der Waals surface area contributed by atoms with Gasteiger partial charge in [-0.1, -0.05) is 18.2 Å². The molecule has 0 spiro atoms. The summed E-state index contributed by atoms with van der Waals surface area (Å²) < 4.78 is 4.96. The molecule has 1 aromatic rings. The van der Waals surface area contributed by atoms with Gasteiger partial charge in [0.25, 0.3) is 0 Å². The van der Waals surface area contributed by atoms with Crippen molar-refractivity contribution in [1.82, 2.24) is 4.90 Å². The van der Waals surface area contributed by atoms with Gasteiger partial charge in [0, 0.05) is 18.8 Å². The Morgan fingerprint density at radius 2 is 2.05 bits per heavy atom. The maximum atomic E-state index is 12.5. The lowest BCUT2D eigenvalue weighted by Crippen LogP contribution is -2.47. The molecule has 0 unspecified atom stereocenters. The summed E-state index contributed by atoms with van der Waals surface area (Å²) in [5.41, 5.74) is 2.18. The molecule has 0 aromatic heterocycles. The molecule has 5 heteroatoms. The fourth-order valence-corrected chi connectivity index (χ4v) is 2.78. The molecule has 0 saturated carbocycles. The van der Waals surface area contributed by atoms with Crippen LogP contribution in [0.1, 0.15) is 18.4 Å². The van der Waals surface area contributed by atoms with Crippen LogP contribution in [0.15, 0.2) is 24.3 Å². The summed E-state index contributed by atoms with van der Waals surface area (Å²) in [6.07, 6.45) is 2.38. The van der Waals surface area contributed by atoms with Gasteiger partial charge < -0.3 is 9.64 Å². The van der Waals surface area contributed by atoms with Crippen LogP contribution in [-0.2, 0) is 16.0 Å². The summed E-state index contributed by atoms with van der Waals surface area (Å²) >= 11 is 0. The molecular formula is C15H18N2O3. The number of amides is 2. The number of hydrogen-bond donors (Lipinski definition) is 0. The van der Waals surface area contributed by atoms with Gasteiger partial charge in [-0.05, 0) is 30.9 Å². The van der Waals surface area contributed by atoms with Crippen molar-refractivity contribution >= 4 is 17.7 Å². The van der Waals surface area contributed by atoms with Crippen molar-refractivity contribution in [2.24, 2.45) is 0 Å². The Morgan fingerprint density at radius 3 is 2.90 bits per heavy atom. The fraction of sp³-hybridized carbons (Fsp3) is 0.467. The van der Waals surface area contributed by atoms with E-state index < -0.39 is 0 Å². The molecule has 0 N–H and O–H groups in total. The van der Waals surface area contributed by atoms with Crippen molar-refractivity contribution in [3.8, 4) is 0 Å². The zero-order valence-electron chi connectivity index (χ0n) is 11.4. The van der Waals surface area contributed by atoms with Crippen LogP contribution in [0.2, 0.25) is 0 Å². The van der Waals surface area contributed by atoms with Crippen molar-refractivity contribution in [3.05, 3.63) is 29.8 Å². The van der Waals surface area contributed by atoms with Crippen molar-refractivity contribution in [2.75, 3.05) is 31.1 Å². The third-order valence-electron chi connectivity index (χ3n) is 3.79. The maximum Gasteiger partial charge on any atom is 0.410 e. The molecule has 2 aliphatic heterocycles. The lowest BCUT2D eigenvalue weighted by molar-refractivity contribution is -0.119. The summed E-state index contributed by atoms with van der Waals surface area (Å²) in [5.74, 6) is -0.0315. The fourth-order valence-electron chi connectivity index (χ4n) is 2.78. The largest absolute Gasteiger partial charge is 0.449 e. The first kappa shape index (κ1) is 13.0. The molecule has 2 amide bonds. The van der Waals surface area contributed by atoms with Gasteiger partial charge in [0.1, 0.15) is 6.54 Å². The molecule has 1 aromatic carbocycles. The molecule has 0 aliphatic carbocycles. The van der Waals surface area contributed by atoms with Gasteiger partial charge in [-0.15, -0.1) is 0 Å². The summed E-state index contributed by atoms with van der Waals surface area (Å²) in [6.45, 7) is 1.88. The van der Waals surface area contributed by atoms with E-state index in [9.17, 15) is 9.59 Å². The molecule has 106 valence electrons. The highest BCUT2D eigenvalue weighted by Gasteiger charge is 2.27. The predicted molar refractivity (Wildman–Crippen MR) is 74.7 cm³/mol. The number of ether oxygens (including phenoxy) is 1. The number of carbonyl (C=O) groups is 2. The lowest BCUT2D eigenvalue weighted by Gasteiger charge is -2.32. The monoisotopic (exact) mass is 274 g/mol. The van der Waals surface area contributed by atoms with Crippen LogP contribution in [0, 0.1) is 0 Å². The number of anilines is 1. The van der Waals surface area contributed by atoms with Crippen LogP contribution in [0.3, 0.4) is 0 Å². The summed E-state index contributed by atoms with van der Waals surface area (Å²) in [5, 5.41) is 0. The molecule has 1 saturated heterocycles. The molecule has 2 aliphatic rings. The van der Waals surface area contributed by atoms with E-state index in [-0.39, 0.29) is 18.5 Å². The summed E-state index contributed by atoms with van der Waals surface area (Å²) in [4.78, 5) is 27.3. The van der Waals surface area contributed by atoms with E-state index in [0.717, 1.165) is 31.5 Å². The van der Waals surface area contributed by atoms with Crippen LogP contribution in [0.5, 0.6) is 0 Å². The first-order chi connectivity index (χ1) is 9.75. The van der Waals surface area contributed by atoms with Crippen molar-refractivity contribution in [2.45, 2.75) is 19.3 Å². The second-order valence-electron chi connectivity index (χ2n) is 5.17. The van der Waals surface area contributed by atoms with Gasteiger partial charge >= 0.3 is 6.09 Å². The maximum absolute atomic E-state index is 12.5. The third-order valence-corrected chi connectivity index (χ3v) is 3.79. The van der Waals surface area contributed by atoms with E-state index in [2.05, 4.69) is 6.07 Å². The number of nitrogens with zero attached hydrogens (tertiary/aromatic N) is 2. The van der Waals surface area contributed by atoms with Gasteiger partial charge in [0.15, 0.2) is 0 Å². The molecule has 20 heavy (non-hydrogen) atoms. The summed E-state index contributed by atoms with van der Waals surface area (Å²) in [7, 11) is 0. The minimum atomic E-state index is -0.380. The number of para-hydroxylation sites is 1. The zero-order chi connectivity index (χ0) is 13.9. The van der Waals surface area contributed by atoms with E-state index in [1.807, 2.05) is 18.2 Å². The molecular weight excluding hydrogens is 256 g/mol. The quantitative estimate of drug-likeness (QED) is 0.826. The second kappa shape index (κ2) is 5.53. The Labute approximate surface area is 118 Å². The van der Waals surface area contributed by atoms with E-state index in [1.54, 1.807) is 4.90 Å². The molecule has 3 rings (SSSR count). The first-order valence-electron chi connectivity index (χ1n) is 7.06. The first-order valence-corrected chi connectivity index (χ1v) is 7.06. The van der Waals surface area contributed by atoms with Crippen molar-refractivity contribution < 1.29 is 14.3 Å². The molecule has 0 atom stereocenters. The van der Waals surface area contributed by atoms with Crippen LogP contribution in [0.25, 0.3) is 0 Å². The average Bonchev–Trinajstić information content (AvgIpc) is 2.49.